The van der Waals surface area contributed by atoms with Crippen molar-refractivity contribution >= 4 is 23.5 Å². The van der Waals surface area contributed by atoms with Crippen molar-refractivity contribution in [2.75, 3.05) is 11.5 Å². The first-order chi connectivity index (χ1) is 17.2. The molecule has 1 aliphatic heterocycles. The average Bonchev–Trinajstić information content (AvgIpc) is 2.93. The average molecular weight is 506 g/mol. The summed E-state index contributed by atoms with van der Waals surface area (Å²) < 4.78 is 0.595. The fraction of sp³-hybridized carbons (Fsp3) is 0.594. The van der Waals surface area contributed by atoms with Crippen LogP contribution in [0.4, 0.5) is 0 Å². The van der Waals surface area contributed by atoms with E-state index >= 15 is 0 Å². The molecule has 1 saturated carbocycles. The second kappa shape index (κ2) is 13.3. The van der Waals surface area contributed by atoms with Gasteiger partial charge in [0, 0.05) is 0 Å². The predicted molar refractivity (Wildman–Crippen MR) is 156 cm³/mol. The summed E-state index contributed by atoms with van der Waals surface area (Å²) in [5.74, 6) is 4.16. The largest absolute Gasteiger partial charge is 0.198 e. The number of hydrogen-bond donors (Lipinski definition) is 0. The van der Waals surface area contributed by atoms with Gasteiger partial charge < -0.3 is 0 Å². The van der Waals surface area contributed by atoms with Crippen molar-refractivity contribution in [2.45, 2.75) is 95.0 Å². The van der Waals surface area contributed by atoms with E-state index in [0.29, 0.717) is 10.5 Å². The van der Waals surface area contributed by atoms with Gasteiger partial charge in [-0.25, -0.2) is 0 Å². The van der Waals surface area contributed by atoms with Crippen molar-refractivity contribution < 1.29 is 0 Å². The van der Waals surface area contributed by atoms with E-state index in [1.807, 2.05) is 0 Å². The van der Waals surface area contributed by atoms with Crippen LogP contribution in [0.15, 0.2) is 48.5 Å². The molecule has 1 nitrogen and oxygen atoms in total. The van der Waals surface area contributed by atoms with Crippen molar-refractivity contribution in [3.05, 3.63) is 59.7 Å². The Morgan fingerprint density at radius 2 is 1.37 bits per heavy atom. The molecule has 1 saturated heterocycles. The number of thioether (sulfide) groups is 2. The lowest BCUT2D eigenvalue weighted by Crippen LogP contribution is -2.25. The van der Waals surface area contributed by atoms with Crippen LogP contribution in [0.2, 0.25) is 0 Å². The molecule has 2 aromatic carbocycles. The molecule has 0 spiro atoms. The molecule has 0 radical (unpaired) electrons. The number of rotatable bonds is 10. The first-order valence-electron chi connectivity index (χ1n) is 14.0. The Hall–Kier alpha value is -1.37. The van der Waals surface area contributed by atoms with Crippen LogP contribution in [-0.4, -0.2) is 11.5 Å². The van der Waals surface area contributed by atoms with E-state index in [-0.39, 0.29) is 5.41 Å². The highest BCUT2D eigenvalue weighted by atomic mass is 32.2. The minimum absolute atomic E-state index is 0.0565. The SMILES string of the molecule is CCCCCC1CSC(c2ccc(-c3ccc(C4CCC(C#N)(CCCC)CC4)cc3)cc2)SC1. The topological polar surface area (TPSA) is 23.8 Å². The van der Waals surface area contributed by atoms with Crippen LogP contribution in [0.3, 0.4) is 0 Å². The Labute approximate surface area is 222 Å². The normalized spacial score (nSPS) is 26.8. The maximum absolute atomic E-state index is 9.79. The second-order valence-corrected chi connectivity index (χ2v) is 13.4. The van der Waals surface area contributed by atoms with Gasteiger partial charge in [0.15, 0.2) is 0 Å². The molecule has 1 aliphatic carbocycles. The lowest BCUT2D eigenvalue weighted by molar-refractivity contribution is 0.224. The molecule has 2 fully saturated rings. The van der Waals surface area contributed by atoms with Gasteiger partial charge in [-0.1, -0.05) is 94.5 Å². The quantitative estimate of drug-likeness (QED) is 0.300. The van der Waals surface area contributed by atoms with Crippen molar-refractivity contribution in [1.29, 1.82) is 5.26 Å². The molecule has 0 N–H and O–H groups in total. The first-order valence-corrected chi connectivity index (χ1v) is 16.1. The summed E-state index contributed by atoms with van der Waals surface area (Å²) in [5.41, 5.74) is 5.49. The number of benzene rings is 2. The van der Waals surface area contributed by atoms with E-state index in [1.54, 1.807) is 0 Å². The Balaban J connectivity index is 1.30. The lowest BCUT2D eigenvalue weighted by atomic mass is 9.67. The summed E-state index contributed by atoms with van der Waals surface area (Å²) in [6.07, 6.45) is 13.4. The third-order valence-electron chi connectivity index (χ3n) is 8.27. The summed E-state index contributed by atoms with van der Waals surface area (Å²) >= 11 is 4.30. The van der Waals surface area contributed by atoms with Crippen LogP contribution >= 0.6 is 23.5 Å². The Bertz CT molecular complexity index is 927. The molecule has 1 heterocycles. The van der Waals surface area contributed by atoms with Crippen LogP contribution < -0.4 is 0 Å². The molecular weight excluding hydrogens is 462 g/mol. The van der Waals surface area contributed by atoms with Crippen LogP contribution in [0.5, 0.6) is 0 Å². The molecule has 0 atom stereocenters. The highest BCUT2D eigenvalue weighted by molar-refractivity contribution is 8.16. The van der Waals surface area contributed by atoms with Crippen molar-refractivity contribution in [1.82, 2.24) is 0 Å². The molecule has 0 bridgehead atoms. The fourth-order valence-electron chi connectivity index (χ4n) is 5.80. The molecule has 4 rings (SSSR count). The van der Waals surface area contributed by atoms with Gasteiger partial charge in [0.1, 0.15) is 0 Å². The molecule has 2 aromatic rings. The Morgan fingerprint density at radius 3 is 1.91 bits per heavy atom. The van der Waals surface area contributed by atoms with E-state index in [2.05, 4.69) is 92.0 Å². The monoisotopic (exact) mass is 505 g/mol. The van der Waals surface area contributed by atoms with Crippen molar-refractivity contribution in [2.24, 2.45) is 11.3 Å². The molecule has 0 unspecified atom stereocenters. The molecule has 2 aliphatic rings. The predicted octanol–water partition coefficient (Wildman–Crippen LogP) is 10.4. The smallest absolute Gasteiger partial charge is 0.0751 e. The van der Waals surface area contributed by atoms with Crippen LogP contribution in [0.1, 0.15) is 106 Å². The van der Waals surface area contributed by atoms with Gasteiger partial charge in [-0.3, -0.25) is 0 Å². The maximum Gasteiger partial charge on any atom is 0.0751 e. The Morgan fingerprint density at radius 1 is 0.800 bits per heavy atom. The molecule has 35 heavy (non-hydrogen) atoms. The van der Waals surface area contributed by atoms with Gasteiger partial charge in [-0.2, -0.15) is 5.26 Å². The van der Waals surface area contributed by atoms with E-state index in [9.17, 15) is 5.26 Å². The van der Waals surface area contributed by atoms with Gasteiger partial charge in [0.2, 0.25) is 0 Å². The number of nitrogens with zero attached hydrogens (tertiary/aromatic N) is 1. The lowest BCUT2D eigenvalue weighted by Gasteiger charge is -2.35. The summed E-state index contributed by atoms with van der Waals surface area (Å²) in [6.45, 7) is 4.52. The fourth-order valence-corrected chi connectivity index (χ4v) is 8.97. The summed E-state index contributed by atoms with van der Waals surface area (Å²) in [4.78, 5) is 0. The molecule has 0 aromatic heterocycles. The molecule has 0 amide bonds. The van der Waals surface area contributed by atoms with Crippen LogP contribution in [0, 0.1) is 22.7 Å². The van der Waals surface area contributed by atoms with Crippen molar-refractivity contribution in [3.8, 4) is 17.2 Å². The Kier molecular flexibility index (Phi) is 10.1. The third kappa shape index (κ3) is 7.11. The molecule has 3 heteroatoms. The standard InChI is InChI=1S/C32H43NS2/c1-3-5-7-8-25-22-34-31(35-23-25)30-15-13-27(14-16-30)26-9-11-28(12-10-26)29-17-20-32(24-33,21-18-29)19-6-4-2/h9-16,25,29,31H,3-8,17-23H2,1-2H3. The van der Waals surface area contributed by atoms with Gasteiger partial charge in [-0.15, -0.1) is 23.5 Å². The minimum Gasteiger partial charge on any atom is -0.198 e. The van der Waals surface area contributed by atoms with E-state index in [0.717, 1.165) is 38.0 Å². The number of nitriles is 1. The van der Waals surface area contributed by atoms with Crippen molar-refractivity contribution in [3.63, 3.8) is 0 Å². The molecular formula is C32H43NS2. The zero-order chi connectivity index (χ0) is 24.5. The third-order valence-corrected chi connectivity index (χ3v) is 11.6. The number of hydrogen-bond acceptors (Lipinski definition) is 3. The number of unbranched alkanes of at least 4 members (excludes halogenated alkanes) is 3. The second-order valence-electron chi connectivity index (χ2n) is 10.9. The van der Waals surface area contributed by atoms with E-state index < -0.39 is 0 Å². The first kappa shape index (κ1) is 26.7. The summed E-state index contributed by atoms with van der Waals surface area (Å²) in [7, 11) is 0. The molecule has 188 valence electrons. The van der Waals surface area contributed by atoms with Crippen LogP contribution in [-0.2, 0) is 0 Å². The van der Waals surface area contributed by atoms with Gasteiger partial charge in [-0.05, 0) is 84.1 Å². The summed E-state index contributed by atoms with van der Waals surface area (Å²) in [6, 6.07) is 21.3. The highest BCUT2D eigenvalue weighted by Crippen LogP contribution is 2.47. The van der Waals surface area contributed by atoms with E-state index in [1.165, 1.54) is 72.3 Å². The van der Waals surface area contributed by atoms with Gasteiger partial charge >= 0.3 is 0 Å². The van der Waals surface area contributed by atoms with Gasteiger partial charge in [0.05, 0.1) is 16.1 Å². The maximum atomic E-state index is 9.79. The zero-order valence-electron chi connectivity index (χ0n) is 21.8. The van der Waals surface area contributed by atoms with Crippen LogP contribution in [0.25, 0.3) is 11.1 Å². The summed E-state index contributed by atoms with van der Waals surface area (Å²) in [5, 5.41) is 9.79. The minimum atomic E-state index is -0.0565. The van der Waals surface area contributed by atoms with Gasteiger partial charge in [0.25, 0.3) is 0 Å². The highest BCUT2D eigenvalue weighted by Gasteiger charge is 2.35. The zero-order valence-corrected chi connectivity index (χ0v) is 23.4. The van der Waals surface area contributed by atoms with E-state index in [4.69, 9.17) is 0 Å².